The van der Waals surface area contributed by atoms with Crippen LogP contribution in [-0.4, -0.2) is 32.8 Å². The summed E-state index contributed by atoms with van der Waals surface area (Å²) in [4.78, 5) is 5.86. The van der Waals surface area contributed by atoms with Gasteiger partial charge in [0.2, 0.25) is 0 Å². The Morgan fingerprint density at radius 2 is 2.10 bits per heavy atom. The molecule has 0 saturated heterocycles. The first kappa shape index (κ1) is 19.7. The minimum atomic E-state index is 0. The Morgan fingerprint density at radius 3 is 2.65 bits per heavy atom. The van der Waals surface area contributed by atoms with Crippen LogP contribution in [0.4, 0.5) is 0 Å². The fourth-order valence-corrected chi connectivity index (χ4v) is 1.98. The molecule has 0 aliphatic carbocycles. The van der Waals surface area contributed by atoms with E-state index in [1.54, 1.807) is 18.4 Å². The number of methoxy groups -OCH3 is 1. The van der Waals surface area contributed by atoms with Crippen molar-refractivity contribution in [1.82, 2.24) is 10.6 Å². The molecular weight excluding hydrogens is 385 g/mol. The van der Waals surface area contributed by atoms with E-state index in [0.29, 0.717) is 13.2 Å². The summed E-state index contributed by atoms with van der Waals surface area (Å²) in [5.74, 6) is 0.848. The van der Waals surface area contributed by atoms with Gasteiger partial charge < -0.3 is 15.4 Å². The summed E-state index contributed by atoms with van der Waals surface area (Å²) < 4.78 is 5.04. The van der Waals surface area contributed by atoms with Crippen LogP contribution in [0.2, 0.25) is 0 Å². The average Bonchev–Trinajstić information content (AvgIpc) is 2.84. The number of nitrogens with zero attached hydrogens (tertiary/aromatic N) is 1. The molecule has 0 saturated carbocycles. The first-order valence-electron chi connectivity index (χ1n) is 6.55. The van der Waals surface area contributed by atoms with Crippen LogP contribution >= 0.6 is 35.3 Å². The van der Waals surface area contributed by atoms with Gasteiger partial charge in [0.05, 0.1) is 13.2 Å². The monoisotopic (exact) mass is 411 g/mol. The highest BCUT2D eigenvalue weighted by atomic mass is 127. The second kappa shape index (κ2) is 10.4. The van der Waals surface area contributed by atoms with Crippen LogP contribution in [0.1, 0.15) is 25.6 Å². The van der Waals surface area contributed by atoms with Crippen molar-refractivity contribution < 1.29 is 4.74 Å². The van der Waals surface area contributed by atoms with Gasteiger partial charge in [0.15, 0.2) is 5.96 Å². The van der Waals surface area contributed by atoms with Crippen LogP contribution in [-0.2, 0) is 11.3 Å². The van der Waals surface area contributed by atoms with Gasteiger partial charge in [0, 0.05) is 25.1 Å². The molecule has 1 rings (SSSR count). The Morgan fingerprint density at radius 1 is 1.35 bits per heavy atom. The van der Waals surface area contributed by atoms with Crippen LogP contribution in [0.3, 0.4) is 0 Å². The summed E-state index contributed by atoms with van der Waals surface area (Å²) in [6, 6.07) is 4.15. The lowest BCUT2D eigenvalue weighted by Crippen LogP contribution is -2.42. The molecule has 0 bridgehead atoms. The van der Waals surface area contributed by atoms with Gasteiger partial charge in [-0.25, -0.2) is 4.99 Å². The SMILES string of the molecule is COCCNC(=NCc1cccs1)NCC(C)(C)C.I. The summed E-state index contributed by atoms with van der Waals surface area (Å²) >= 11 is 1.73. The molecule has 0 atom stereocenters. The van der Waals surface area contributed by atoms with Crippen LogP contribution in [0, 0.1) is 5.41 Å². The van der Waals surface area contributed by atoms with Gasteiger partial charge in [0.25, 0.3) is 0 Å². The van der Waals surface area contributed by atoms with Gasteiger partial charge in [-0.2, -0.15) is 0 Å². The van der Waals surface area contributed by atoms with E-state index in [4.69, 9.17) is 4.74 Å². The number of rotatable bonds is 6. The maximum absolute atomic E-state index is 5.04. The Labute approximate surface area is 143 Å². The van der Waals surface area contributed by atoms with Crippen molar-refractivity contribution in [2.75, 3.05) is 26.8 Å². The van der Waals surface area contributed by atoms with E-state index in [2.05, 4.69) is 53.9 Å². The largest absolute Gasteiger partial charge is 0.383 e. The fourth-order valence-electron chi connectivity index (χ4n) is 1.35. The van der Waals surface area contributed by atoms with E-state index >= 15 is 0 Å². The molecule has 1 aromatic rings. The number of guanidine groups is 1. The van der Waals surface area contributed by atoms with Crippen molar-refractivity contribution >= 4 is 41.3 Å². The maximum atomic E-state index is 5.04. The molecule has 20 heavy (non-hydrogen) atoms. The molecular formula is C14H26IN3OS. The van der Waals surface area contributed by atoms with E-state index in [1.165, 1.54) is 4.88 Å². The number of hydrogen-bond donors (Lipinski definition) is 2. The molecule has 0 unspecified atom stereocenters. The number of nitrogens with one attached hydrogen (secondary N) is 2. The molecule has 0 aliphatic heterocycles. The normalized spacial score (nSPS) is 11.9. The smallest absolute Gasteiger partial charge is 0.191 e. The Hall–Kier alpha value is -0.340. The molecule has 0 amide bonds. The topological polar surface area (TPSA) is 45.6 Å². The van der Waals surface area contributed by atoms with Crippen LogP contribution < -0.4 is 10.6 Å². The van der Waals surface area contributed by atoms with Crippen molar-refractivity contribution in [2.24, 2.45) is 10.4 Å². The molecule has 0 fully saturated rings. The predicted octanol–water partition coefficient (Wildman–Crippen LogP) is 3.09. The highest BCUT2D eigenvalue weighted by Crippen LogP contribution is 2.11. The van der Waals surface area contributed by atoms with Gasteiger partial charge in [-0.15, -0.1) is 35.3 Å². The lowest BCUT2D eigenvalue weighted by molar-refractivity contribution is 0.203. The van der Waals surface area contributed by atoms with Crippen molar-refractivity contribution in [3.63, 3.8) is 0 Å². The molecule has 1 heterocycles. The van der Waals surface area contributed by atoms with Crippen molar-refractivity contribution in [1.29, 1.82) is 0 Å². The number of ether oxygens (including phenoxy) is 1. The van der Waals surface area contributed by atoms with Crippen molar-refractivity contribution in [2.45, 2.75) is 27.3 Å². The van der Waals surface area contributed by atoms with Gasteiger partial charge in [-0.3, -0.25) is 0 Å². The van der Waals surface area contributed by atoms with Gasteiger partial charge in [-0.05, 0) is 16.9 Å². The highest BCUT2D eigenvalue weighted by molar-refractivity contribution is 14.0. The lowest BCUT2D eigenvalue weighted by atomic mass is 9.97. The minimum absolute atomic E-state index is 0. The second-order valence-corrected chi connectivity index (χ2v) is 6.61. The molecule has 0 spiro atoms. The van der Waals surface area contributed by atoms with E-state index < -0.39 is 0 Å². The number of halogens is 1. The Balaban J connectivity index is 0.00000361. The zero-order valence-corrected chi connectivity index (χ0v) is 15.9. The van der Waals surface area contributed by atoms with E-state index in [9.17, 15) is 0 Å². The quantitative estimate of drug-likeness (QED) is 0.327. The standard InChI is InChI=1S/C14H25N3OS.HI/c1-14(2,3)11-17-13(15-7-8-18-4)16-10-12-6-5-9-19-12;/h5-6,9H,7-8,10-11H2,1-4H3,(H2,15,16,17);1H. The Kier molecular flexibility index (Phi) is 10.2. The van der Waals surface area contributed by atoms with Gasteiger partial charge in [-0.1, -0.05) is 26.8 Å². The van der Waals surface area contributed by atoms with E-state index in [1.807, 2.05) is 0 Å². The average molecular weight is 411 g/mol. The molecule has 2 N–H and O–H groups in total. The van der Waals surface area contributed by atoms with E-state index in [0.717, 1.165) is 19.0 Å². The zero-order valence-electron chi connectivity index (χ0n) is 12.7. The summed E-state index contributed by atoms with van der Waals surface area (Å²) in [5.41, 5.74) is 0.229. The first-order valence-corrected chi connectivity index (χ1v) is 7.43. The number of hydrogen-bond acceptors (Lipinski definition) is 3. The summed E-state index contributed by atoms with van der Waals surface area (Å²) in [7, 11) is 1.70. The summed E-state index contributed by atoms with van der Waals surface area (Å²) in [6.07, 6.45) is 0. The maximum Gasteiger partial charge on any atom is 0.191 e. The molecule has 6 heteroatoms. The summed E-state index contributed by atoms with van der Waals surface area (Å²) in [6.45, 7) is 9.64. The van der Waals surface area contributed by atoms with E-state index in [-0.39, 0.29) is 29.4 Å². The molecule has 4 nitrogen and oxygen atoms in total. The third kappa shape index (κ3) is 9.55. The minimum Gasteiger partial charge on any atom is -0.383 e. The zero-order chi connectivity index (χ0) is 14.1. The van der Waals surface area contributed by atoms with Crippen LogP contribution in [0.25, 0.3) is 0 Å². The Bertz CT molecular complexity index is 374. The predicted molar refractivity (Wildman–Crippen MR) is 98.2 cm³/mol. The number of aliphatic imine (C=N–C) groups is 1. The molecule has 0 aromatic carbocycles. The fraction of sp³-hybridized carbons (Fsp3) is 0.643. The van der Waals surface area contributed by atoms with Crippen LogP contribution in [0.5, 0.6) is 0 Å². The second-order valence-electron chi connectivity index (χ2n) is 5.58. The van der Waals surface area contributed by atoms with Crippen molar-refractivity contribution in [3.05, 3.63) is 22.4 Å². The van der Waals surface area contributed by atoms with Crippen molar-refractivity contribution in [3.8, 4) is 0 Å². The lowest BCUT2D eigenvalue weighted by Gasteiger charge is -2.21. The molecule has 116 valence electrons. The number of thiophene rings is 1. The van der Waals surface area contributed by atoms with Gasteiger partial charge in [0.1, 0.15) is 0 Å². The summed E-state index contributed by atoms with van der Waals surface area (Å²) in [5, 5.41) is 8.72. The first-order chi connectivity index (χ1) is 9.01. The van der Waals surface area contributed by atoms with Crippen LogP contribution in [0.15, 0.2) is 22.5 Å². The molecule has 0 aliphatic rings. The highest BCUT2D eigenvalue weighted by Gasteiger charge is 2.10. The van der Waals surface area contributed by atoms with Gasteiger partial charge >= 0.3 is 0 Å². The third-order valence-corrected chi connectivity index (χ3v) is 3.22. The molecule has 0 radical (unpaired) electrons. The third-order valence-electron chi connectivity index (χ3n) is 2.36. The molecule has 1 aromatic heterocycles.